The van der Waals surface area contributed by atoms with Crippen LogP contribution in [0.4, 0.5) is 0 Å². The van der Waals surface area contributed by atoms with Gasteiger partial charge in [-0.1, -0.05) is 30.3 Å². The topological polar surface area (TPSA) is 76.0 Å². The molecule has 0 aromatic heterocycles. The van der Waals surface area contributed by atoms with Crippen molar-refractivity contribution in [2.45, 2.75) is 31.3 Å². The van der Waals surface area contributed by atoms with Gasteiger partial charge in [0.1, 0.15) is 12.2 Å². The van der Waals surface area contributed by atoms with Gasteiger partial charge in [0.05, 0.1) is 19.6 Å². The molecule has 0 aliphatic carbocycles. The van der Waals surface area contributed by atoms with Gasteiger partial charge in [-0.05, 0) is 5.56 Å². The summed E-state index contributed by atoms with van der Waals surface area (Å²) in [5, 5.41) is 19.2. The molecule has 0 bridgehead atoms. The van der Waals surface area contributed by atoms with Crippen LogP contribution in [-0.4, -0.2) is 41.1 Å². The Morgan fingerprint density at radius 3 is 2.72 bits per heavy atom. The minimum atomic E-state index is -1.00. The molecule has 5 heteroatoms. The van der Waals surface area contributed by atoms with Gasteiger partial charge in [-0.15, -0.1) is 0 Å². The predicted molar refractivity (Wildman–Crippen MR) is 62.6 cm³/mol. The molecule has 0 radical (unpaired) electrons. The fraction of sp³-hybridized carbons (Fsp3) is 0.462. The van der Waals surface area contributed by atoms with E-state index in [0.717, 1.165) is 5.56 Å². The van der Waals surface area contributed by atoms with Crippen molar-refractivity contribution in [3.05, 3.63) is 35.9 Å². The molecule has 3 atom stereocenters. The zero-order valence-corrected chi connectivity index (χ0v) is 9.86. The van der Waals surface area contributed by atoms with Gasteiger partial charge in [-0.3, -0.25) is 4.79 Å². The first-order valence-electron chi connectivity index (χ1n) is 5.84. The molecule has 1 fully saturated rings. The Hall–Kier alpha value is -1.43. The van der Waals surface area contributed by atoms with Crippen molar-refractivity contribution >= 4 is 5.97 Å². The molecule has 5 nitrogen and oxygen atoms in total. The Morgan fingerprint density at radius 1 is 1.39 bits per heavy atom. The maximum atomic E-state index is 10.9. The molecule has 0 spiro atoms. The molecule has 2 rings (SSSR count). The fourth-order valence-electron chi connectivity index (χ4n) is 1.87. The second-order valence-electron chi connectivity index (χ2n) is 4.29. The van der Waals surface area contributed by atoms with Gasteiger partial charge in [0.2, 0.25) is 0 Å². The average molecular weight is 252 g/mol. The third-order valence-electron chi connectivity index (χ3n) is 2.80. The van der Waals surface area contributed by atoms with Crippen molar-refractivity contribution in [2.24, 2.45) is 0 Å². The van der Waals surface area contributed by atoms with E-state index in [2.05, 4.69) is 0 Å². The molecular formula is C13H16O5. The second-order valence-corrected chi connectivity index (χ2v) is 4.29. The third kappa shape index (κ3) is 3.29. The monoisotopic (exact) mass is 252 g/mol. The van der Waals surface area contributed by atoms with Crippen LogP contribution in [0.3, 0.4) is 0 Å². The number of hydrogen-bond acceptors (Lipinski definition) is 5. The van der Waals surface area contributed by atoms with Crippen LogP contribution in [-0.2, 0) is 20.9 Å². The summed E-state index contributed by atoms with van der Waals surface area (Å²) in [6.07, 6.45) is -2.91. The number of aliphatic hydroxyl groups excluding tert-OH is 2. The second kappa shape index (κ2) is 5.95. The van der Waals surface area contributed by atoms with Crippen LogP contribution >= 0.6 is 0 Å². The zero-order valence-electron chi connectivity index (χ0n) is 9.86. The quantitative estimate of drug-likeness (QED) is 0.734. The molecule has 1 aromatic rings. The minimum absolute atomic E-state index is 0.0178. The van der Waals surface area contributed by atoms with Gasteiger partial charge in [-0.2, -0.15) is 0 Å². The molecule has 1 heterocycles. The van der Waals surface area contributed by atoms with Crippen molar-refractivity contribution < 1.29 is 24.5 Å². The molecule has 0 amide bonds. The first kappa shape index (κ1) is 13.0. The maximum absolute atomic E-state index is 10.9. The zero-order chi connectivity index (χ0) is 13.0. The van der Waals surface area contributed by atoms with E-state index < -0.39 is 24.3 Å². The summed E-state index contributed by atoms with van der Waals surface area (Å²) in [7, 11) is 0. The lowest BCUT2D eigenvalue weighted by Gasteiger charge is -2.19. The number of esters is 1. The minimum Gasteiger partial charge on any atom is -0.457 e. The van der Waals surface area contributed by atoms with Crippen LogP contribution in [0.25, 0.3) is 0 Å². The van der Waals surface area contributed by atoms with Crippen molar-refractivity contribution in [1.82, 2.24) is 0 Å². The molecular weight excluding hydrogens is 236 g/mol. The average Bonchev–Trinajstić information content (AvgIpc) is 2.70. The van der Waals surface area contributed by atoms with Gasteiger partial charge in [-0.25, -0.2) is 0 Å². The molecule has 1 aliphatic rings. The highest BCUT2D eigenvalue weighted by atomic mass is 16.6. The first-order chi connectivity index (χ1) is 8.66. The molecule has 18 heavy (non-hydrogen) atoms. The van der Waals surface area contributed by atoms with Crippen molar-refractivity contribution in [3.8, 4) is 0 Å². The summed E-state index contributed by atoms with van der Waals surface area (Å²) in [5.74, 6) is -0.491. The van der Waals surface area contributed by atoms with Crippen molar-refractivity contribution in [3.63, 3.8) is 0 Å². The van der Waals surface area contributed by atoms with E-state index in [4.69, 9.17) is 9.47 Å². The highest BCUT2D eigenvalue weighted by Crippen LogP contribution is 2.18. The summed E-state index contributed by atoms with van der Waals surface area (Å²) in [6.45, 7) is 0.387. The standard InChI is InChI=1S/C13H16O5/c14-10-6-12(16)18-13(10)11(15)8-17-7-9-4-2-1-3-5-9/h1-5,10-11,13-15H,6-8H2/t10-,11+,13+/m1/s1. The lowest BCUT2D eigenvalue weighted by molar-refractivity contribution is -0.149. The van der Waals surface area contributed by atoms with E-state index in [1.807, 2.05) is 30.3 Å². The van der Waals surface area contributed by atoms with Gasteiger partial charge < -0.3 is 19.7 Å². The van der Waals surface area contributed by atoms with Crippen LogP contribution in [0, 0.1) is 0 Å². The molecule has 0 saturated carbocycles. The number of ether oxygens (including phenoxy) is 2. The summed E-state index contributed by atoms with van der Waals surface area (Å²) in [4.78, 5) is 10.9. The van der Waals surface area contributed by atoms with E-state index in [-0.39, 0.29) is 13.0 Å². The van der Waals surface area contributed by atoms with Crippen LogP contribution in [0.15, 0.2) is 30.3 Å². The van der Waals surface area contributed by atoms with Gasteiger partial charge >= 0.3 is 5.97 Å². The number of carbonyl (C=O) groups excluding carboxylic acids is 1. The van der Waals surface area contributed by atoms with E-state index in [0.29, 0.717) is 6.61 Å². The molecule has 1 aliphatic heterocycles. The van der Waals surface area contributed by atoms with Gasteiger partial charge in [0, 0.05) is 0 Å². The van der Waals surface area contributed by atoms with Gasteiger partial charge in [0.25, 0.3) is 0 Å². The van der Waals surface area contributed by atoms with Crippen molar-refractivity contribution in [2.75, 3.05) is 6.61 Å². The Balaban J connectivity index is 1.75. The van der Waals surface area contributed by atoms with E-state index in [1.165, 1.54) is 0 Å². The van der Waals surface area contributed by atoms with Crippen LogP contribution in [0.1, 0.15) is 12.0 Å². The lowest BCUT2D eigenvalue weighted by Crippen LogP contribution is -2.37. The number of hydrogen-bond donors (Lipinski definition) is 2. The Bertz CT molecular complexity index is 392. The maximum Gasteiger partial charge on any atom is 0.309 e. The molecule has 1 aromatic carbocycles. The van der Waals surface area contributed by atoms with Crippen LogP contribution < -0.4 is 0 Å². The lowest BCUT2D eigenvalue weighted by atomic mass is 10.1. The molecule has 2 N–H and O–H groups in total. The fourth-order valence-corrected chi connectivity index (χ4v) is 1.87. The normalized spacial score (nSPS) is 24.9. The van der Waals surface area contributed by atoms with Crippen LogP contribution in [0.2, 0.25) is 0 Å². The molecule has 1 saturated heterocycles. The predicted octanol–water partition coefficient (Wildman–Crippen LogP) is 0.240. The smallest absolute Gasteiger partial charge is 0.309 e. The van der Waals surface area contributed by atoms with Gasteiger partial charge in [0.15, 0.2) is 6.10 Å². The number of aliphatic hydroxyl groups is 2. The first-order valence-corrected chi connectivity index (χ1v) is 5.84. The summed E-state index contributed by atoms with van der Waals surface area (Å²) in [5.41, 5.74) is 0.994. The largest absolute Gasteiger partial charge is 0.457 e. The van der Waals surface area contributed by atoms with E-state index in [9.17, 15) is 15.0 Å². The van der Waals surface area contributed by atoms with Crippen LogP contribution in [0.5, 0.6) is 0 Å². The summed E-state index contributed by atoms with van der Waals surface area (Å²) in [6, 6.07) is 9.54. The summed E-state index contributed by atoms with van der Waals surface area (Å²) < 4.78 is 10.1. The molecule has 0 unspecified atom stereocenters. The Labute approximate surface area is 105 Å². The Morgan fingerprint density at radius 2 is 2.11 bits per heavy atom. The summed E-state index contributed by atoms with van der Waals surface area (Å²) >= 11 is 0. The molecule has 98 valence electrons. The number of cyclic esters (lactones) is 1. The number of benzene rings is 1. The highest BCUT2D eigenvalue weighted by molar-refractivity contribution is 5.72. The number of rotatable bonds is 5. The Kier molecular flexibility index (Phi) is 4.30. The SMILES string of the molecule is O=C1C[C@@H](O)[C@@H]([C@@H](O)COCc2ccccc2)O1. The third-order valence-corrected chi connectivity index (χ3v) is 2.80. The van der Waals surface area contributed by atoms with E-state index >= 15 is 0 Å². The van der Waals surface area contributed by atoms with Crippen molar-refractivity contribution in [1.29, 1.82) is 0 Å². The number of carbonyl (C=O) groups is 1. The highest BCUT2D eigenvalue weighted by Gasteiger charge is 2.38. The van der Waals surface area contributed by atoms with E-state index in [1.54, 1.807) is 0 Å².